The van der Waals surface area contributed by atoms with Gasteiger partial charge in [-0.2, -0.15) is 0 Å². The first kappa shape index (κ1) is 27.2. The number of ketones is 2. The summed E-state index contributed by atoms with van der Waals surface area (Å²) in [6.07, 6.45) is 6.13. The minimum absolute atomic E-state index is 0.259. The Hall–Kier alpha value is -4.84. The molecule has 0 radical (unpaired) electrons. The summed E-state index contributed by atoms with van der Waals surface area (Å²) in [6, 6.07) is 26.0. The van der Waals surface area contributed by atoms with Crippen LogP contribution in [0, 0.1) is 11.6 Å². The molecular formula is C33H26F2O4. The molecule has 0 aliphatic heterocycles. The first-order chi connectivity index (χ1) is 19.0. The Labute approximate surface area is 225 Å². The van der Waals surface area contributed by atoms with E-state index in [4.69, 9.17) is 9.47 Å². The Bertz CT molecular complexity index is 1390. The number of carbonyl (C=O) groups excluding carboxylic acids is 2. The summed E-state index contributed by atoms with van der Waals surface area (Å²) in [6.45, 7) is 0.708. The number of halogens is 2. The fourth-order valence-corrected chi connectivity index (χ4v) is 3.66. The highest BCUT2D eigenvalue weighted by Gasteiger charge is 2.07. The number of carbonyl (C=O) groups is 2. The van der Waals surface area contributed by atoms with Crippen LogP contribution in [0.5, 0.6) is 11.5 Å². The first-order valence-electron chi connectivity index (χ1n) is 12.4. The van der Waals surface area contributed by atoms with Crippen LogP contribution in [0.15, 0.2) is 109 Å². The lowest BCUT2D eigenvalue weighted by Crippen LogP contribution is -2.06. The summed E-state index contributed by atoms with van der Waals surface area (Å²) in [7, 11) is 0. The van der Waals surface area contributed by atoms with Crippen molar-refractivity contribution < 1.29 is 27.8 Å². The van der Waals surface area contributed by atoms with Crippen molar-refractivity contribution in [2.45, 2.75) is 6.42 Å². The molecule has 0 heterocycles. The highest BCUT2D eigenvalue weighted by molar-refractivity contribution is 6.07. The van der Waals surface area contributed by atoms with E-state index in [0.29, 0.717) is 53.4 Å². The molecule has 0 saturated heterocycles. The van der Waals surface area contributed by atoms with Crippen LogP contribution in [-0.2, 0) is 0 Å². The zero-order valence-electron chi connectivity index (χ0n) is 21.1. The smallest absolute Gasteiger partial charge is 0.185 e. The van der Waals surface area contributed by atoms with Crippen molar-refractivity contribution in [1.82, 2.24) is 0 Å². The normalized spacial score (nSPS) is 11.1. The van der Waals surface area contributed by atoms with E-state index in [1.165, 1.54) is 36.4 Å². The van der Waals surface area contributed by atoms with E-state index in [0.717, 1.165) is 0 Å². The second-order valence-electron chi connectivity index (χ2n) is 8.54. The standard InChI is InChI=1S/C33H26F2O4/c34-30-14-3-1-8-24(30)16-18-32(36)26-10-5-12-28(22-26)38-20-7-21-39-29-13-6-11-27(23-29)33(37)19-17-25-9-2-4-15-31(25)35/h1-6,8-19,22-23H,7,20-21H2/b18-16+,19-17+. The van der Waals surface area contributed by atoms with E-state index in [2.05, 4.69) is 0 Å². The predicted molar refractivity (Wildman–Crippen MR) is 148 cm³/mol. The minimum atomic E-state index is -0.393. The molecular weight excluding hydrogens is 498 g/mol. The molecule has 0 aliphatic carbocycles. The van der Waals surface area contributed by atoms with Gasteiger partial charge in [0.05, 0.1) is 13.2 Å². The van der Waals surface area contributed by atoms with Crippen molar-refractivity contribution in [2.24, 2.45) is 0 Å². The zero-order chi connectivity index (χ0) is 27.5. The quantitative estimate of drug-likeness (QED) is 0.109. The fourth-order valence-electron chi connectivity index (χ4n) is 3.66. The number of allylic oxidation sites excluding steroid dienone is 2. The SMILES string of the molecule is O=C(/C=C/c1ccccc1F)c1cccc(OCCCOc2cccc(C(=O)/C=C/c3ccccc3F)c2)c1. The van der Waals surface area contributed by atoms with Gasteiger partial charge in [-0.3, -0.25) is 9.59 Å². The topological polar surface area (TPSA) is 52.6 Å². The number of ether oxygens (including phenoxy) is 2. The van der Waals surface area contributed by atoms with Crippen molar-refractivity contribution in [1.29, 1.82) is 0 Å². The van der Waals surface area contributed by atoms with Gasteiger partial charge in [0, 0.05) is 28.7 Å². The lowest BCUT2D eigenvalue weighted by molar-refractivity contribution is 0.103. The molecule has 4 aromatic carbocycles. The van der Waals surface area contributed by atoms with Crippen LogP contribution in [0.1, 0.15) is 38.3 Å². The maximum atomic E-state index is 13.8. The summed E-state index contributed by atoms with van der Waals surface area (Å²) >= 11 is 0. The molecule has 4 nitrogen and oxygen atoms in total. The lowest BCUT2D eigenvalue weighted by Gasteiger charge is -2.09. The third-order valence-corrected chi connectivity index (χ3v) is 5.70. The van der Waals surface area contributed by atoms with Gasteiger partial charge in [0.2, 0.25) is 0 Å². The van der Waals surface area contributed by atoms with Gasteiger partial charge in [-0.15, -0.1) is 0 Å². The highest BCUT2D eigenvalue weighted by Crippen LogP contribution is 2.18. The van der Waals surface area contributed by atoms with Crippen molar-refractivity contribution in [3.63, 3.8) is 0 Å². The maximum absolute atomic E-state index is 13.8. The largest absolute Gasteiger partial charge is 0.493 e. The molecule has 0 unspecified atom stereocenters. The average molecular weight is 525 g/mol. The maximum Gasteiger partial charge on any atom is 0.185 e. The average Bonchev–Trinajstić information content (AvgIpc) is 2.96. The number of hydrogen-bond acceptors (Lipinski definition) is 4. The van der Waals surface area contributed by atoms with Crippen LogP contribution >= 0.6 is 0 Å². The van der Waals surface area contributed by atoms with Crippen LogP contribution in [0.25, 0.3) is 12.2 Å². The molecule has 0 atom stereocenters. The van der Waals surface area contributed by atoms with E-state index in [-0.39, 0.29) is 11.6 Å². The Morgan fingerprint density at radius 1 is 0.590 bits per heavy atom. The van der Waals surface area contributed by atoms with Gasteiger partial charge in [0.1, 0.15) is 23.1 Å². The van der Waals surface area contributed by atoms with Gasteiger partial charge < -0.3 is 9.47 Å². The van der Waals surface area contributed by atoms with Crippen molar-refractivity contribution in [3.05, 3.63) is 143 Å². The molecule has 4 rings (SSSR count). The van der Waals surface area contributed by atoms with Crippen LogP contribution < -0.4 is 9.47 Å². The second kappa shape index (κ2) is 13.6. The molecule has 39 heavy (non-hydrogen) atoms. The van der Waals surface area contributed by atoms with E-state index < -0.39 is 11.6 Å². The molecule has 6 heteroatoms. The van der Waals surface area contributed by atoms with Crippen molar-refractivity contribution >= 4 is 23.7 Å². The van der Waals surface area contributed by atoms with Gasteiger partial charge in [0.15, 0.2) is 11.6 Å². The lowest BCUT2D eigenvalue weighted by atomic mass is 10.1. The van der Waals surface area contributed by atoms with Gasteiger partial charge in [-0.25, -0.2) is 8.78 Å². The van der Waals surface area contributed by atoms with E-state index in [1.807, 2.05) is 0 Å². The third-order valence-electron chi connectivity index (χ3n) is 5.70. The second-order valence-corrected chi connectivity index (χ2v) is 8.54. The molecule has 196 valence electrons. The third kappa shape index (κ3) is 8.07. The summed E-state index contributed by atoms with van der Waals surface area (Å²) < 4.78 is 39.0. The molecule has 0 N–H and O–H groups in total. The van der Waals surface area contributed by atoms with E-state index in [1.54, 1.807) is 84.9 Å². The Morgan fingerprint density at radius 3 is 1.46 bits per heavy atom. The van der Waals surface area contributed by atoms with E-state index >= 15 is 0 Å². The van der Waals surface area contributed by atoms with Gasteiger partial charge in [-0.1, -0.05) is 60.7 Å². The van der Waals surface area contributed by atoms with Crippen LogP contribution in [0.3, 0.4) is 0 Å². The monoisotopic (exact) mass is 524 g/mol. The zero-order valence-corrected chi connectivity index (χ0v) is 21.1. The fraction of sp³-hybridized carbons (Fsp3) is 0.0909. The Kier molecular flexibility index (Phi) is 9.51. The molecule has 0 aromatic heterocycles. The number of rotatable bonds is 12. The molecule has 0 amide bonds. The highest BCUT2D eigenvalue weighted by atomic mass is 19.1. The van der Waals surface area contributed by atoms with Gasteiger partial charge in [0.25, 0.3) is 0 Å². The number of hydrogen-bond donors (Lipinski definition) is 0. The van der Waals surface area contributed by atoms with Gasteiger partial charge >= 0.3 is 0 Å². The Morgan fingerprint density at radius 2 is 1.03 bits per heavy atom. The molecule has 0 bridgehead atoms. The predicted octanol–water partition coefficient (Wildman–Crippen LogP) is 7.60. The first-order valence-corrected chi connectivity index (χ1v) is 12.4. The Balaban J connectivity index is 1.24. The van der Waals surface area contributed by atoms with Crippen LogP contribution in [0.4, 0.5) is 8.78 Å². The molecule has 0 fully saturated rings. The van der Waals surface area contributed by atoms with Crippen molar-refractivity contribution in [3.8, 4) is 11.5 Å². The molecule has 0 aliphatic rings. The summed E-state index contributed by atoms with van der Waals surface area (Å²) in [5, 5.41) is 0. The van der Waals surface area contributed by atoms with Crippen LogP contribution in [-0.4, -0.2) is 24.8 Å². The van der Waals surface area contributed by atoms with E-state index in [9.17, 15) is 18.4 Å². The molecule has 0 spiro atoms. The minimum Gasteiger partial charge on any atom is -0.493 e. The summed E-state index contributed by atoms with van der Waals surface area (Å²) in [5.41, 5.74) is 1.54. The molecule has 4 aromatic rings. The molecule has 0 saturated carbocycles. The van der Waals surface area contributed by atoms with Crippen LogP contribution in [0.2, 0.25) is 0 Å². The van der Waals surface area contributed by atoms with Crippen molar-refractivity contribution in [2.75, 3.05) is 13.2 Å². The number of benzene rings is 4. The summed E-state index contributed by atoms with van der Waals surface area (Å²) in [5.74, 6) is -0.231. The van der Waals surface area contributed by atoms with Gasteiger partial charge in [-0.05, 0) is 60.7 Å². The summed E-state index contributed by atoms with van der Waals surface area (Å²) in [4.78, 5) is 25.0.